The highest BCUT2D eigenvalue weighted by Crippen LogP contribution is 2.25. The zero-order valence-electron chi connectivity index (χ0n) is 8.63. The maximum atomic E-state index is 6.18. The molecular weight excluding hydrogens is 208 g/mol. The van der Waals surface area contributed by atoms with Gasteiger partial charge in [-0.25, -0.2) is 0 Å². The van der Waals surface area contributed by atoms with Gasteiger partial charge in [-0.3, -0.25) is 4.98 Å². The number of nitrogens with one attached hydrogen (secondary N) is 1. The van der Waals surface area contributed by atoms with Crippen LogP contribution in [-0.2, 0) is 6.42 Å². The van der Waals surface area contributed by atoms with E-state index in [0.717, 1.165) is 34.5 Å². The molecule has 0 amide bonds. The lowest BCUT2D eigenvalue weighted by atomic mass is 10.1. The third-order valence-corrected chi connectivity index (χ3v) is 2.75. The van der Waals surface area contributed by atoms with Crippen LogP contribution in [0, 0.1) is 0 Å². The van der Waals surface area contributed by atoms with E-state index in [1.165, 1.54) is 0 Å². The number of hydrogen-bond acceptors (Lipinski definition) is 2. The lowest BCUT2D eigenvalue weighted by molar-refractivity contribution is 0.781. The molecule has 0 unspecified atom stereocenters. The molecule has 1 N–H and O–H groups in total. The third kappa shape index (κ3) is 2.11. The van der Waals surface area contributed by atoms with Crippen LogP contribution in [0.5, 0.6) is 0 Å². The molecular formula is C12H13ClN2. The Kier molecular flexibility index (Phi) is 3.19. The van der Waals surface area contributed by atoms with Gasteiger partial charge in [0.15, 0.2) is 0 Å². The Balaban J connectivity index is 2.53. The summed E-state index contributed by atoms with van der Waals surface area (Å²) in [5, 5.41) is 6.14. The van der Waals surface area contributed by atoms with Crippen molar-refractivity contribution in [3.05, 3.63) is 41.2 Å². The molecule has 0 aliphatic heterocycles. The average molecular weight is 221 g/mol. The van der Waals surface area contributed by atoms with Gasteiger partial charge in [0.25, 0.3) is 0 Å². The molecule has 2 nitrogen and oxygen atoms in total. The molecule has 0 aliphatic carbocycles. The van der Waals surface area contributed by atoms with Gasteiger partial charge in [0.1, 0.15) is 0 Å². The molecule has 2 rings (SSSR count). The first-order valence-electron chi connectivity index (χ1n) is 4.99. The zero-order chi connectivity index (χ0) is 10.7. The number of halogens is 1. The van der Waals surface area contributed by atoms with E-state index in [4.69, 9.17) is 11.6 Å². The zero-order valence-corrected chi connectivity index (χ0v) is 9.38. The summed E-state index contributed by atoms with van der Waals surface area (Å²) in [6.45, 7) is 0.914. The van der Waals surface area contributed by atoms with Gasteiger partial charge in [-0.05, 0) is 24.6 Å². The van der Waals surface area contributed by atoms with Gasteiger partial charge in [0, 0.05) is 24.5 Å². The van der Waals surface area contributed by atoms with E-state index in [0.29, 0.717) is 0 Å². The lowest BCUT2D eigenvalue weighted by Gasteiger charge is -2.06. The normalized spacial score (nSPS) is 10.8. The van der Waals surface area contributed by atoms with E-state index >= 15 is 0 Å². The summed E-state index contributed by atoms with van der Waals surface area (Å²) in [7, 11) is 1.94. The Bertz CT molecular complexity index is 463. The number of benzene rings is 1. The van der Waals surface area contributed by atoms with Crippen LogP contribution in [0.1, 0.15) is 5.69 Å². The van der Waals surface area contributed by atoms with Crippen molar-refractivity contribution >= 4 is 22.4 Å². The van der Waals surface area contributed by atoms with Gasteiger partial charge in [-0.2, -0.15) is 0 Å². The summed E-state index contributed by atoms with van der Waals surface area (Å²) in [4.78, 5) is 4.38. The van der Waals surface area contributed by atoms with Gasteiger partial charge in [-0.1, -0.05) is 23.7 Å². The Morgan fingerprint density at radius 3 is 3.00 bits per heavy atom. The molecule has 1 aromatic carbocycles. The van der Waals surface area contributed by atoms with Crippen LogP contribution in [0.3, 0.4) is 0 Å². The van der Waals surface area contributed by atoms with Crippen molar-refractivity contribution in [2.24, 2.45) is 0 Å². The van der Waals surface area contributed by atoms with Crippen LogP contribution in [0.25, 0.3) is 10.8 Å². The van der Waals surface area contributed by atoms with Crippen molar-refractivity contribution < 1.29 is 0 Å². The molecule has 0 bridgehead atoms. The van der Waals surface area contributed by atoms with Gasteiger partial charge in [0.05, 0.1) is 10.7 Å². The minimum absolute atomic E-state index is 0.784. The second-order valence-electron chi connectivity index (χ2n) is 3.45. The van der Waals surface area contributed by atoms with Crippen molar-refractivity contribution in [2.45, 2.75) is 6.42 Å². The predicted molar refractivity (Wildman–Crippen MR) is 64.4 cm³/mol. The van der Waals surface area contributed by atoms with E-state index in [2.05, 4.69) is 16.4 Å². The maximum Gasteiger partial charge on any atom is 0.0509 e. The third-order valence-electron chi connectivity index (χ3n) is 2.43. The lowest BCUT2D eigenvalue weighted by Crippen LogP contribution is -2.11. The highest BCUT2D eigenvalue weighted by Gasteiger charge is 2.05. The fraction of sp³-hybridized carbons (Fsp3) is 0.250. The summed E-state index contributed by atoms with van der Waals surface area (Å²) in [6, 6.07) is 7.93. The number of pyridine rings is 1. The summed E-state index contributed by atoms with van der Waals surface area (Å²) in [5.41, 5.74) is 1.06. The van der Waals surface area contributed by atoms with Crippen LogP contribution >= 0.6 is 11.6 Å². The number of rotatable bonds is 3. The molecule has 0 fully saturated rings. The summed E-state index contributed by atoms with van der Waals surface area (Å²) in [5.74, 6) is 0. The van der Waals surface area contributed by atoms with Gasteiger partial charge in [0.2, 0.25) is 0 Å². The van der Waals surface area contributed by atoms with Crippen LogP contribution in [-0.4, -0.2) is 18.6 Å². The number of aromatic nitrogens is 1. The Labute approximate surface area is 94.3 Å². The molecule has 0 spiro atoms. The molecule has 2 aromatic rings. The first-order valence-corrected chi connectivity index (χ1v) is 5.37. The van der Waals surface area contributed by atoms with E-state index in [9.17, 15) is 0 Å². The van der Waals surface area contributed by atoms with Crippen molar-refractivity contribution in [1.82, 2.24) is 10.3 Å². The van der Waals surface area contributed by atoms with Gasteiger partial charge < -0.3 is 5.32 Å². The van der Waals surface area contributed by atoms with E-state index in [1.54, 1.807) is 0 Å². The molecule has 0 saturated heterocycles. The van der Waals surface area contributed by atoms with Crippen molar-refractivity contribution in [3.63, 3.8) is 0 Å². The van der Waals surface area contributed by atoms with E-state index in [-0.39, 0.29) is 0 Å². The summed E-state index contributed by atoms with van der Waals surface area (Å²) >= 11 is 6.18. The Morgan fingerprint density at radius 1 is 1.33 bits per heavy atom. The number of fused-ring (bicyclic) bond motifs is 1. The van der Waals surface area contributed by atoms with Crippen LogP contribution in [0.15, 0.2) is 30.5 Å². The average Bonchev–Trinajstić information content (AvgIpc) is 2.26. The van der Waals surface area contributed by atoms with Crippen molar-refractivity contribution in [3.8, 4) is 0 Å². The van der Waals surface area contributed by atoms with E-state index in [1.807, 2.05) is 31.4 Å². The SMILES string of the molecule is CNCCc1nccc2cccc(Cl)c12. The highest BCUT2D eigenvalue weighted by atomic mass is 35.5. The van der Waals surface area contributed by atoms with E-state index < -0.39 is 0 Å². The molecule has 0 atom stereocenters. The second-order valence-corrected chi connectivity index (χ2v) is 3.86. The largest absolute Gasteiger partial charge is 0.319 e. The number of likely N-dealkylation sites (N-methyl/N-ethyl adjacent to an activating group) is 1. The van der Waals surface area contributed by atoms with Crippen molar-refractivity contribution in [2.75, 3.05) is 13.6 Å². The molecule has 15 heavy (non-hydrogen) atoms. The monoisotopic (exact) mass is 220 g/mol. The van der Waals surface area contributed by atoms with Crippen molar-refractivity contribution in [1.29, 1.82) is 0 Å². The smallest absolute Gasteiger partial charge is 0.0509 e. The Hall–Kier alpha value is -1.12. The first kappa shape index (κ1) is 10.4. The highest BCUT2D eigenvalue weighted by molar-refractivity contribution is 6.35. The minimum Gasteiger partial charge on any atom is -0.319 e. The summed E-state index contributed by atoms with van der Waals surface area (Å²) in [6.07, 6.45) is 2.74. The van der Waals surface area contributed by atoms with Gasteiger partial charge in [-0.15, -0.1) is 0 Å². The quantitative estimate of drug-likeness (QED) is 0.860. The molecule has 0 radical (unpaired) electrons. The van der Waals surface area contributed by atoms with Crippen LogP contribution in [0.4, 0.5) is 0 Å². The number of hydrogen-bond donors (Lipinski definition) is 1. The number of nitrogens with zero attached hydrogens (tertiary/aromatic N) is 1. The first-order chi connectivity index (χ1) is 7.33. The molecule has 0 aliphatic rings. The second kappa shape index (κ2) is 4.60. The predicted octanol–water partition coefficient (Wildman–Crippen LogP) is 2.65. The molecule has 1 aromatic heterocycles. The fourth-order valence-corrected chi connectivity index (χ4v) is 1.98. The molecule has 3 heteroatoms. The van der Waals surface area contributed by atoms with Crippen LogP contribution in [0.2, 0.25) is 5.02 Å². The Morgan fingerprint density at radius 2 is 2.20 bits per heavy atom. The molecule has 1 heterocycles. The minimum atomic E-state index is 0.784. The van der Waals surface area contributed by atoms with Gasteiger partial charge >= 0.3 is 0 Å². The fourth-order valence-electron chi connectivity index (χ4n) is 1.69. The maximum absolute atomic E-state index is 6.18. The molecule has 78 valence electrons. The summed E-state index contributed by atoms with van der Waals surface area (Å²) < 4.78 is 0. The standard InChI is InChI=1S/C12H13ClN2/c1-14-7-6-11-12-9(5-8-15-11)3-2-4-10(12)13/h2-5,8,14H,6-7H2,1H3. The van der Waals surface area contributed by atoms with Crippen LogP contribution < -0.4 is 5.32 Å². The molecule has 0 saturated carbocycles. The topological polar surface area (TPSA) is 24.9 Å².